The molecule has 0 spiro atoms. The summed E-state index contributed by atoms with van der Waals surface area (Å²) in [4.78, 5) is 24.7. The van der Waals surface area contributed by atoms with Gasteiger partial charge in [0.05, 0.1) is 42.9 Å². The molecule has 0 bridgehead atoms. The van der Waals surface area contributed by atoms with Crippen LogP contribution in [0.2, 0.25) is 5.02 Å². The highest BCUT2D eigenvalue weighted by atomic mass is 35.5. The van der Waals surface area contributed by atoms with E-state index in [0.717, 1.165) is 69.2 Å². The molecule has 9 heteroatoms. The van der Waals surface area contributed by atoms with Crippen molar-refractivity contribution >= 4 is 17.5 Å². The minimum absolute atomic E-state index is 0.171. The molecule has 5 rings (SSSR count). The molecule has 8 nitrogen and oxygen atoms in total. The summed E-state index contributed by atoms with van der Waals surface area (Å²) < 4.78 is 7.65. The number of imidazole rings is 1. The van der Waals surface area contributed by atoms with Crippen LogP contribution in [-0.2, 0) is 29.2 Å². The van der Waals surface area contributed by atoms with Gasteiger partial charge in [-0.3, -0.25) is 14.6 Å². The SMILES string of the molecule is N#Cc1ccc(Cn2cncc2CN(CCN2CCOCC2)C2CCN(Cc3cccc(Cl)c3)C2=O)cc1. The lowest BCUT2D eigenvalue weighted by molar-refractivity contribution is -0.133. The van der Waals surface area contributed by atoms with Gasteiger partial charge in [-0.2, -0.15) is 5.26 Å². The Hall–Kier alpha value is -3.22. The second-order valence-corrected chi connectivity index (χ2v) is 10.4. The molecule has 3 aromatic rings. The molecular formula is C29H33ClN6O2. The van der Waals surface area contributed by atoms with Gasteiger partial charge in [-0.05, 0) is 41.8 Å². The summed E-state index contributed by atoms with van der Waals surface area (Å²) in [5.41, 5.74) is 3.87. The molecule has 198 valence electrons. The molecule has 2 aromatic carbocycles. The van der Waals surface area contributed by atoms with Crippen molar-refractivity contribution in [2.24, 2.45) is 0 Å². The summed E-state index contributed by atoms with van der Waals surface area (Å²) in [7, 11) is 0. The zero-order valence-corrected chi connectivity index (χ0v) is 22.3. The standard InChI is InChI=1S/C29H33ClN6O2/c30-26-3-1-2-25(16-26)20-35-9-8-28(29(35)37)34(11-10-33-12-14-38-15-13-33)21-27-18-32-22-36(27)19-24-6-4-23(17-31)5-7-24/h1-7,16,18,22,28H,8-15,19-21H2. The molecule has 3 heterocycles. The molecular weight excluding hydrogens is 500 g/mol. The van der Waals surface area contributed by atoms with Crippen molar-refractivity contribution in [3.63, 3.8) is 0 Å². The van der Waals surface area contributed by atoms with Crippen LogP contribution in [0.1, 0.15) is 28.8 Å². The van der Waals surface area contributed by atoms with Gasteiger partial charge in [0.15, 0.2) is 0 Å². The number of likely N-dealkylation sites (tertiary alicyclic amines) is 1. The van der Waals surface area contributed by atoms with E-state index in [4.69, 9.17) is 21.6 Å². The minimum Gasteiger partial charge on any atom is -0.379 e. The summed E-state index contributed by atoms with van der Waals surface area (Å²) >= 11 is 6.18. The number of ether oxygens (including phenoxy) is 1. The van der Waals surface area contributed by atoms with Crippen LogP contribution in [-0.4, -0.2) is 82.1 Å². The lowest BCUT2D eigenvalue weighted by Gasteiger charge is -2.32. The highest BCUT2D eigenvalue weighted by molar-refractivity contribution is 6.30. The Morgan fingerprint density at radius 1 is 1.08 bits per heavy atom. The van der Waals surface area contributed by atoms with Crippen molar-refractivity contribution in [3.8, 4) is 6.07 Å². The number of carbonyl (C=O) groups excluding carboxylic acids is 1. The third-order valence-electron chi connectivity index (χ3n) is 7.38. The molecule has 0 saturated carbocycles. The number of nitriles is 1. The Morgan fingerprint density at radius 2 is 1.89 bits per heavy atom. The molecule has 1 atom stereocenters. The maximum atomic E-state index is 13.6. The maximum absolute atomic E-state index is 13.6. The highest BCUT2D eigenvalue weighted by Gasteiger charge is 2.36. The average Bonchev–Trinajstić information content (AvgIpc) is 3.53. The summed E-state index contributed by atoms with van der Waals surface area (Å²) in [6.07, 6.45) is 4.54. The van der Waals surface area contributed by atoms with Gasteiger partial charge in [-0.25, -0.2) is 4.98 Å². The Labute approximate surface area is 229 Å². The Kier molecular flexibility index (Phi) is 8.72. The van der Waals surface area contributed by atoms with Crippen molar-refractivity contribution in [2.75, 3.05) is 45.9 Å². The number of hydrogen-bond acceptors (Lipinski definition) is 6. The van der Waals surface area contributed by atoms with E-state index in [1.54, 1.807) is 0 Å². The van der Waals surface area contributed by atoms with E-state index < -0.39 is 0 Å². The number of rotatable bonds is 10. The van der Waals surface area contributed by atoms with Gasteiger partial charge in [0.2, 0.25) is 5.91 Å². The van der Waals surface area contributed by atoms with Gasteiger partial charge in [0, 0.05) is 63.6 Å². The first kappa shape index (κ1) is 26.4. The first-order valence-electron chi connectivity index (χ1n) is 13.1. The van der Waals surface area contributed by atoms with Gasteiger partial charge in [-0.1, -0.05) is 35.9 Å². The molecule has 0 radical (unpaired) electrons. The summed E-state index contributed by atoms with van der Waals surface area (Å²) in [6.45, 7) is 7.65. The van der Waals surface area contributed by atoms with Crippen molar-refractivity contribution in [1.82, 2.24) is 24.3 Å². The second kappa shape index (κ2) is 12.5. The van der Waals surface area contributed by atoms with Crippen LogP contribution in [0.5, 0.6) is 0 Å². The van der Waals surface area contributed by atoms with Gasteiger partial charge in [0.1, 0.15) is 0 Å². The van der Waals surface area contributed by atoms with Crippen LogP contribution < -0.4 is 0 Å². The molecule has 0 aliphatic carbocycles. The first-order valence-corrected chi connectivity index (χ1v) is 13.5. The summed E-state index contributed by atoms with van der Waals surface area (Å²) in [6, 6.07) is 17.4. The lowest BCUT2D eigenvalue weighted by atomic mass is 10.1. The van der Waals surface area contributed by atoms with E-state index in [0.29, 0.717) is 30.2 Å². The molecule has 0 N–H and O–H groups in total. The molecule has 1 aromatic heterocycles. The monoisotopic (exact) mass is 532 g/mol. The van der Waals surface area contributed by atoms with Crippen LogP contribution in [0.15, 0.2) is 61.1 Å². The van der Waals surface area contributed by atoms with Crippen LogP contribution in [0.3, 0.4) is 0 Å². The number of amides is 1. The van der Waals surface area contributed by atoms with Gasteiger partial charge in [-0.15, -0.1) is 0 Å². The predicted octanol–water partition coefficient (Wildman–Crippen LogP) is 3.39. The highest BCUT2D eigenvalue weighted by Crippen LogP contribution is 2.23. The smallest absolute Gasteiger partial charge is 0.240 e. The first-order chi connectivity index (χ1) is 18.6. The molecule has 1 amide bonds. The molecule has 2 fully saturated rings. The second-order valence-electron chi connectivity index (χ2n) is 9.94. The zero-order valence-electron chi connectivity index (χ0n) is 21.5. The maximum Gasteiger partial charge on any atom is 0.240 e. The quantitative estimate of drug-likeness (QED) is 0.398. The van der Waals surface area contributed by atoms with Crippen LogP contribution in [0.25, 0.3) is 0 Å². The normalized spacial score (nSPS) is 18.3. The fourth-order valence-corrected chi connectivity index (χ4v) is 5.44. The van der Waals surface area contributed by atoms with E-state index in [9.17, 15) is 4.79 Å². The number of nitrogens with zero attached hydrogens (tertiary/aromatic N) is 6. The molecule has 2 aliphatic rings. The third-order valence-corrected chi connectivity index (χ3v) is 7.61. The molecule has 1 unspecified atom stereocenters. The van der Waals surface area contributed by atoms with Gasteiger partial charge < -0.3 is 14.2 Å². The number of carbonyl (C=O) groups is 1. The number of halogens is 1. The van der Waals surface area contributed by atoms with Gasteiger partial charge >= 0.3 is 0 Å². The number of benzene rings is 2. The summed E-state index contributed by atoms with van der Waals surface area (Å²) in [5.74, 6) is 0.171. The minimum atomic E-state index is -0.173. The predicted molar refractivity (Wildman–Crippen MR) is 145 cm³/mol. The topological polar surface area (TPSA) is 77.6 Å². The average molecular weight is 533 g/mol. The van der Waals surface area contributed by atoms with Crippen molar-refractivity contribution in [3.05, 3.63) is 88.5 Å². The molecule has 2 saturated heterocycles. The van der Waals surface area contributed by atoms with E-state index in [-0.39, 0.29) is 11.9 Å². The summed E-state index contributed by atoms with van der Waals surface area (Å²) in [5, 5.41) is 9.78. The largest absolute Gasteiger partial charge is 0.379 e. The van der Waals surface area contributed by atoms with E-state index >= 15 is 0 Å². The van der Waals surface area contributed by atoms with Crippen molar-refractivity contribution in [1.29, 1.82) is 5.26 Å². The fourth-order valence-electron chi connectivity index (χ4n) is 5.23. The molecule has 38 heavy (non-hydrogen) atoms. The number of hydrogen-bond donors (Lipinski definition) is 0. The van der Waals surface area contributed by atoms with Crippen molar-refractivity contribution in [2.45, 2.75) is 32.1 Å². The zero-order chi connectivity index (χ0) is 26.3. The van der Waals surface area contributed by atoms with Crippen LogP contribution in [0, 0.1) is 11.3 Å². The van der Waals surface area contributed by atoms with Crippen molar-refractivity contribution < 1.29 is 9.53 Å². The van der Waals surface area contributed by atoms with Gasteiger partial charge in [0.25, 0.3) is 0 Å². The number of aromatic nitrogens is 2. The Bertz CT molecular complexity index is 1260. The van der Waals surface area contributed by atoms with Crippen LogP contribution in [0.4, 0.5) is 0 Å². The van der Waals surface area contributed by atoms with E-state index in [1.807, 2.05) is 66.0 Å². The fraction of sp³-hybridized carbons (Fsp3) is 0.414. The Balaban J connectivity index is 1.30. The molecule has 2 aliphatic heterocycles. The lowest BCUT2D eigenvalue weighted by Crippen LogP contribution is -2.46. The van der Waals surface area contributed by atoms with E-state index in [2.05, 4.69) is 25.4 Å². The van der Waals surface area contributed by atoms with E-state index in [1.165, 1.54) is 0 Å². The third kappa shape index (κ3) is 6.61. The Morgan fingerprint density at radius 3 is 2.66 bits per heavy atom. The number of morpholine rings is 1. The van der Waals surface area contributed by atoms with Crippen LogP contribution >= 0.6 is 11.6 Å².